The second kappa shape index (κ2) is 15.7. The zero-order chi connectivity index (χ0) is 0. The topological polar surface area (TPSA) is 0 Å². The quantitative estimate of drug-likeness (QED) is 0.335. The van der Waals surface area contributed by atoms with Crippen LogP contribution in [0.2, 0.25) is 0 Å². The van der Waals surface area contributed by atoms with Crippen LogP contribution >= 0.6 is 0 Å². The summed E-state index contributed by atoms with van der Waals surface area (Å²) in [6.45, 7) is 0. The van der Waals surface area contributed by atoms with Crippen molar-refractivity contribution in [1.29, 1.82) is 0 Å². The van der Waals surface area contributed by atoms with E-state index in [0.717, 1.165) is 0 Å². The van der Waals surface area contributed by atoms with E-state index in [0.29, 0.717) is 0 Å². The molecule has 0 spiro atoms. The van der Waals surface area contributed by atoms with Crippen molar-refractivity contribution in [3.63, 3.8) is 0 Å². The molecule has 0 aromatic heterocycles. The van der Waals surface area contributed by atoms with E-state index in [9.17, 15) is 0 Å². The summed E-state index contributed by atoms with van der Waals surface area (Å²) >= 11 is 0. The van der Waals surface area contributed by atoms with Gasteiger partial charge in [0.05, 0.1) is 0 Å². The molecule has 0 nitrogen and oxygen atoms in total. The first kappa shape index (κ1) is 23.8. The van der Waals surface area contributed by atoms with E-state index in [1.165, 1.54) is 0 Å². The monoisotopic (exact) mass is 193 g/mol. The van der Waals surface area contributed by atoms with Gasteiger partial charge in [0.15, 0.2) is 0 Å². The van der Waals surface area contributed by atoms with Crippen molar-refractivity contribution in [2.45, 2.75) is 0 Å². The van der Waals surface area contributed by atoms with E-state index in [1.54, 1.807) is 0 Å². The fourth-order valence-electron chi connectivity index (χ4n) is 0. The third-order valence-corrected chi connectivity index (χ3v) is 0. The Morgan fingerprint density at radius 2 is 1.25 bits per heavy atom. The Hall–Kier alpha value is 4.35. The molecule has 0 saturated heterocycles. The van der Waals surface area contributed by atoms with Gasteiger partial charge < -0.3 is 4.28 Å². The summed E-state index contributed by atoms with van der Waals surface area (Å²) in [6, 6.07) is 0. The van der Waals surface area contributed by atoms with Gasteiger partial charge in [-0.15, -0.1) is 0 Å². The first-order chi connectivity index (χ1) is 0. The van der Waals surface area contributed by atoms with Gasteiger partial charge in [0, 0.05) is 8.41 Å². The molecule has 0 atom stereocenters. The molecule has 0 heterocycles. The van der Waals surface area contributed by atoms with E-state index in [2.05, 4.69) is 0 Å². The van der Waals surface area contributed by atoms with E-state index < -0.39 is 0 Å². The largest absolute Gasteiger partial charge is 1.00 e. The van der Waals surface area contributed by atoms with Gasteiger partial charge in [-0.3, -0.25) is 0 Å². The van der Waals surface area contributed by atoms with Gasteiger partial charge in [-0.2, -0.15) is 0 Å². The third-order valence-electron chi connectivity index (χ3n) is 0. The Bertz CT molecular complexity index is 14.9. The molecule has 0 unspecified atom stereocenters. The van der Waals surface area contributed by atoms with E-state index in [-0.39, 0.29) is 152 Å². The van der Waals surface area contributed by atoms with Gasteiger partial charge in [0.2, 0.25) is 0 Å². The molecule has 0 aromatic rings. The second-order valence-corrected chi connectivity index (χ2v) is 0. The first-order valence-corrected chi connectivity index (χ1v) is 0. The summed E-state index contributed by atoms with van der Waals surface area (Å²) in [5, 5.41) is 0. The molecular weight excluding hydrogens is 190 g/mol. The second-order valence-electron chi connectivity index (χ2n) is 0. The van der Waals surface area contributed by atoms with Gasteiger partial charge >= 0.3 is 139 Å². The van der Waals surface area contributed by atoms with E-state index in [4.69, 9.17) is 0 Å². The van der Waals surface area contributed by atoms with E-state index >= 15 is 0 Å². The van der Waals surface area contributed by atoms with Crippen LogP contribution in [0.25, 0.3) is 0 Å². The average molecular weight is 193 g/mol. The minimum atomic E-state index is 0. The molecule has 0 bridgehead atoms. The predicted molar refractivity (Wildman–Crippen MR) is 9.09 cm³/mol. The summed E-state index contributed by atoms with van der Waals surface area (Å²) < 4.78 is 0. The van der Waals surface area contributed by atoms with Crippen molar-refractivity contribution in [3.8, 4) is 0 Å². The van der Waals surface area contributed by atoms with Crippen LogP contribution in [0.1, 0.15) is 4.28 Å². The summed E-state index contributed by atoms with van der Waals surface area (Å²) in [6.07, 6.45) is 0. The molecule has 4 heteroatoms. The van der Waals surface area contributed by atoms with Gasteiger partial charge in [0.1, 0.15) is 0 Å². The molecule has 0 amide bonds. The van der Waals surface area contributed by atoms with Crippen molar-refractivity contribution in [2.75, 3.05) is 0 Å². The minimum Gasteiger partial charge on any atom is -1.00 e. The van der Waals surface area contributed by atoms with Gasteiger partial charge in [-0.05, 0) is 0 Å². The number of rotatable bonds is 0. The summed E-state index contributed by atoms with van der Waals surface area (Å²) in [7, 11) is 0. The Morgan fingerprint density at radius 1 is 1.25 bits per heavy atom. The average Bonchev–Trinajstić information content (AvgIpc) is 0. The van der Waals surface area contributed by atoms with Gasteiger partial charge in [-0.25, -0.2) is 0 Å². The maximum Gasteiger partial charge on any atom is 1.00 e. The van der Waals surface area contributed by atoms with Crippen molar-refractivity contribution >= 4 is 8.41 Å². The van der Waals surface area contributed by atoms with Crippen LogP contribution in [-0.2, 0) is 0 Å². The van der Waals surface area contributed by atoms with Crippen LogP contribution < -0.4 is 139 Å². The molecule has 3 radical (unpaired) electrons. The SMILES string of the molecule is [B].[Cs+].[H-].[H-].[H-].[K+].[Li+]. The molecule has 0 N–H and O–H groups in total. The zero-order valence-corrected chi connectivity index (χ0v) is 13.0. The molecular formula is H3BCsKLi. The Labute approximate surface area is 147 Å². The van der Waals surface area contributed by atoms with Gasteiger partial charge in [0.25, 0.3) is 0 Å². The van der Waals surface area contributed by atoms with Crippen LogP contribution in [0, 0.1) is 0 Å². The van der Waals surface area contributed by atoms with Crippen molar-refractivity contribution in [1.82, 2.24) is 0 Å². The summed E-state index contributed by atoms with van der Waals surface area (Å²) in [4.78, 5) is 0. The maximum atomic E-state index is 0. The standard InChI is InChI=1S/B.Cs.K.Li.3H/q;3*+1;3*-1. The van der Waals surface area contributed by atoms with Gasteiger partial charge in [-0.1, -0.05) is 0 Å². The maximum absolute atomic E-state index is 0. The smallest absolute Gasteiger partial charge is 1.00 e. The van der Waals surface area contributed by atoms with Crippen molar-refractivity contribution in [3.05, 3.63) is 0 Å². The molecule has 0 aliphatic rings. The number of hydrogen-bond donors (Lipinski definition) is 0. The molecule has 0 fully saturated rings. The fraction of sp³-hybridized carbons (Fsp3) is 0. The normalized spacial score (nSPS) is 0. The van der Waals surface area contributed by atoms with Crippen LogP contribution in [0.15, 0.2) is 0 Å². The molecule has 0 saturated carbocycles. The molecule has 0 aliphatic carbocycles. The predicted octanol–water partition coefficient (Wildman–Crippen LogP) is -9.03. The number of hydrogen-bond acceptors (Lipinski definition) is 0. The van der Waals surface area contributed by atoms with Crippen LogP contribution in [-0.4, -0.2) is 8.41 Å². The van der Waals surface area contributed by atoms with Crippen molar-refractivity contribution in [2.24, 2.45) is 0 Å². The molecule has 0 aromatic carbocycles. The fourth-order valence-corrected chi connectivity index (χ4v) is 0. The Morgan fingerprint density at radius 3 is 1.25 bits per heavy atom. The molecule has 9 valence electrons. The van der Waals surface area contributed by atoms with Crippen LogP contribution in [0.3, 0.4) is 0 Å². The van der Waals surface area contributed by atoms with Crippen molar-refractivity contribution < 1.29 is 143 Å². The summed E-state index contributed by atoms with van der Waals surface area (Å²) in [5.41, 5.74) is 0. The molecule has 4 heavy (non-hydrogen) atoms. The zero-order valence-electron chi connectivity index (χ0n) is 6.58. The summed E-state index contributed by atoms with van der Waals surface area (Å²) in [5.74, 6) is 0. The third kappa shape index (κ3) is 9.61. The first-order valence-electron chi connectivity index (χ1n) is 0. The van der Waals surface area contributed by atoms with Crippen LogP contribution in [0.4, 0.5) is 0 Å². The molecule has 0 rings (SSSR count). The molecule has 0 aliphatic heterocycles. The van der Waals surface area contributed by atoms with E-state index in [1.807, 2.05) is 0 Å². The Kier molecular flexibility index (Phi) is 93.3. The van der Waals surface area contributed by atoms with Crippen LogP contribution in [0.5, 0.6) is 0 Å². The Balaban J connectivity index is 0. The minimum absolute atomic E-state index is 0.